The standard InChI is InChI=1S/C29H40N2O2/c1-7-11-12-17-33-25-19-24(23-16-13-15-22(18-23)21(6)14-8-2)26(20(5)9-3)28(31-10-4)27(25)29(30)32/h8,10,13,15-16,18-21,31H,2,4,7,9,11-12,14,17H2,1,3,5-6H3,(H2,30,32). The Morgan fingerprint density at radius 1 is 1.15 bits per heavy atom. The molecule has 0 radical (unpaired) electrons. The summed E-state index contributed by atoms with van der Waals surface area (Å²) in [6.45, 7) is 17.0. The molecule has 3 N–H and O–H groups in total. The maximum absolute atomic E-state index is 12.6. The lowest BCUT2D eigenvalue weighted by atomic mass is 9.84. The van der Waals surface area contributed by atoms with Crippen LogP contribution in [0.2, 0.25) is 0 Å². The minimum atomic E-state index is -0.505. The molecule has 178 valence electrons. The quantitative estimate of drug-likeness (QED) is 0.229. The summed E-state index contributed by atoms with van der Waals surface area (Å²) in [5.41, 5.74) is 11.4. The van der Waals surface area contributed by atoms with Gasteiger partial charge in [0.15, 0.2) is 0 Å². The van der Waals surface area contributed by atoms with Gasteiger partial charge in [-0.05, 0) is 65.6 Å². The SMILES string of the molecule is C=CCC(C)c1cccc(-c2cc(OCCCCC)c(C(N)=O)c(NC=C)c2C(C)CC)c1. The average molecular weight is 449 g/mol. The minimum absolute atomic E-state index is 0.198. The molecule has 2 atom stereocenters. The maximum Gasteiger partial charge on any atom is 0.254 e. The van der Waals surface area contributed by atoms with Crippen molar-refractivity contribution in [2.75, 3.05) is 11.9 Å². The summed E-state index contributed by atoms with van der Waals surface area (Å²) in [6, 6.07) is 10.6. The Morgan fingerprint density at radius 3 is 2.52 bits per heavy atom. The smallest absolute Gasteiger partial charge is 0.254 e. The van der Waals surface area contributed by atoms with Crippen LogP contribution in [0.25, 0.3) is 11.1 Å². The fraction of sp³-hybridized carbons (Fsp3) is 0.414. The van der Waals surface area contributed by atoms with E-state index in [0.717, 1.165) is 48.8 Å². The molecule has 2 rings (SSSR count). The molecular weight excluding hydrogens is 408 g/mol. The molecule has 0 aromatic heterocycles. The van der Waals surface area contributed by atoms with Gasteiger partial charge in [-0.2, -0.15) is 0 Å². The van der Waals surface area contributed by atoms with Crippen LogP contribution in [-0.4, -0.2) is 12.5 Å². The van der Waals surface area contributed by atoms with E-state index in [1.807, 2.05) is 12.1 Å². The highest BCUT2D eigenvalue weighted by Gasteiger charge is 2.25. The number of carbonyl (C=O) groups excluding carboxylic acids is 1. The Balaban J connectivity index is 2.77. The van der Waals surface area contributed by atoms with Crippen LogP contribution in [-0.2, 0) is 0 Å². The number of carbonyl (C=O) groups is 1. The van der Waals surface area contributed by atoms with Crippen LogP contribution in [0.4, 0.5) is 5.69 Å². The predicted molar refractivity (Wildman–Crippen MR) is 141 cm³/mol. The molecule has 2 aromatic carbocycles. The van der Waals surface area contributed by atoms with Crippen molar-refractivity contribution < 1.29 is 9.53 Å². The average Bonchev–Trinajstić information content (AvgIpc) is 2.81. The monoisotopic (exact) mass is 448 g/mol. The molecule has 33 heavy (non-hydrogen) atoms. The number of hydrogen-bond acceptors (Lipinski definition) is 3. The van der Waals surface area contributed by atoms with Crippen molar-refractivity contribution in [3.63, 3.8) is 0 Å². The zero-order chi connectivity index (χ0) is 24.4. The number of anilines is 1. The van der Waals surface area contributed by atoms with Gasteiger partial charge in [0.2, 0.25) is 0 Å². The van der Waals surface area contributed by atoms with E-state index < -0.39 is 5.91 Å². The minimum Gasteiger partial charge on any atom is -0.493 e. The number of rotatable bonds is 14. The van der Waals surface area contributed by atoms with Crippen molar-refractivity contribution in [1.82, 2.24) is 0 Å². The predicted octanol–water partition coefficient (Wildman–Crippen LogP) is 7.77. The summed E-state index contributed by atoms with van der Waals surface area (Å²) in [5, 5.41) is 3.22. The zero-order valence-electron chi connectivity index (χ0n) is 20.7. The van der Waals surface area contributed by atoms with Crippen molar-refractivity contribution in [3.05, 3.63) is 72.5 Å². The Morgan fingerprint density at radius 2 is 1.91 bits per heavy atom. The molecule has 4 heteroatoms. The molecule has 0 spiro atoms. The first kappa shape index (κ1) is 26.2. The Bertz CT molecular complexity index is 964. The number of unbranched alkanes of at least 4 members (excludes halogenated alkanes) is 2. The molecule has 2 aromatic rings. The van der Waals surface area contributed by atoms with Gasteiger partial charge >= 0.3 is 0 Å². The first-order chi connectivity index (χ1) is 15.9. The van der Waals surface area contributed by atoms with E-state index in [0.29, 0.717) is 29.5 Å². The van der Waals surface area contributed by atoms with Crippen LogP contribution in [0.5, 0.6) is 5.75 Å². The Hall–Kier alpha value is -3.01. The second kappa shape index (κ2) is 12.9. The summed E-state index contributed by atoms with van der Waals surface area (Å²) in [7, 11) is 0. The maximum atomic E-state index is 12.6. The number of nitrogens with one attached hydrogen (secondary N) is 1. The first-order valence-corrected chi connectivity index (χ1v) is 12.1. The van der Waals surface area contributed by atoms with Crippen LogP contribution in [0.15, 0.2) is 55.8 Å². The number of nitrogens with two attached hydrogens (primary N) is 1. The van der Waals surface area contributed by atoms with Gasteiger partial charge < -0.3 is 15.8 Å². The Labute approximate surface area is 199 Å². The largest absolute Gasteiger partial charge is 0.493 e. The molecule has 0 bridgehead atoms. The lowest BCUT2D eigenvalue weighted by molar-refractivity contribution is 0.0997. The number of amides is 1. The molecular formula is C29H40N2O2. The normalized spacial score (nSPS) is 12.6. The summed E-state index contributed by atoms with van der Waals surface area (Å²) < 4.78 is 6.15. The van der Waals surface area contributed by atoms with Crippen LogP contribution in [0.3, 0.4) is 0 Å². The molecule has 0 saturated carbocycles. The van der Waals surface area contributed by atoms with Crippen molar-refractivity contribution in [1.29, 1.82) is 0 Å². The van der Waals surface area contributed by atoms with Crippen LogP contribution in [0, 0.1) is 0 Å². The van der Waals surface area contributed by atoms with Gasteiger partial charge in [-0.1, -0.05) is 77.5 Å². The lowest BCUT2D eigenvalue weighted by Gasteiger charge is -2.25. The molecule has 4 nitrogen and oxygen atoms in total. The van der Waals surface area contributed by atoms with E-state index in [2.05, 4.69) is 70.4 Å². The highest BCUT2D eigenvalue weighted by molar-refractivity contribution is 6.04. The van der Waals surface area contributed by atoms with Crippen molar-refractivity contribution in [2.45, 2.75) is 71.6 Å². The van der Waals surface area contributed by atoms with Crippen molar-refractivity contribution in [3.8, 4) is 16.9 Å². The van der Waals surface area contributed by atoms with Gasteiger partial charge in [0.05, 0.1) is 12.3 Å². The molecule has 0 aliphatic carbocycles. The van der Waals surface area contributed by atoms with Gasteiger partial charge in [-0.3, -0.25) is 4.79 Å². The number of allylic oxidation sites excluding steroid dienone is 1. The number of hydrogen-bond donors (Lipinski definition) is 2. The molecule has 0 fully saturated rings. The molecule has 1 amide bonds. The summed E-state index contributed by atoms with van der Waals surface area (Å²) in [4.78, 5) is 12.6. The second-order valence-electron chi connectivity index (χ2n) is 8.71. The summed E-state index contributed by atoms with van der Waals surface area (Å²) >= 11 is 0. The van der Waals surface area contributed by atoms with E-state index in [1.165, 1.54) is 5.56 Å². The highest BCUT2D eigenvalue weighted by Crippen LogP contribution is 2.43. The zero-order valence-corrected chi connectivity index (χ0v) is 20.7. The third-order valence-electron chi connectivity index (χ3n) is 6.22. The molecule has 2 unspecified atom stereocenters. The van der Waals surface area contributed by atoms with Crippen molar-refractivity contribution in [2.24, 2.45) is 5.73 Å². The van der Waals surface area contributed by atoms with E-state index in [4.69, 9.17) is 10.5 Å². The van der Waals surface area contributed by atoms with Crippen molar-refractivity contribution >= 4 is 11.6 Å². The third kappa shape index (κ3) is 6.50. The topological polar surface area (TPSA) is 64.3 Å². The van der Waals surface area contributed by atoms with Gasteiger partial charge in [0.25, 0.3) is 5.91 Å². The van der Waals surface area contributed by atoms with Gasteiger partial charge in [0, 0.05) is 0 Å². The lowest BCUT2D eigenvalue weighted by Crippen LogP contribution is -2.18. The molecule has 0 aliphatic rings. The highest BCUT2D eigenvalue weighted by atomic mass is 16.5. The van der Waals surface area contributed by atoms with Crippen LogP contribution in [0.1, 0.15) is 93.1 Å². The van der Waals surface area contributed by atoms with Gasteiger partial charge in [-0.15, -0.1) is 6.58 Å². The molecule has 0 aliphatic heterocycles. The van der Waals surface area contributed by atoms with Gasteiger partial charge in [-0.25, -0.2) is 0 Å². The second-order valence-corrected chi connectivity index (χ2v) is 8.71. The molecule has 0 saturated heterocycles. The van der Waals surface area contributed by atoms with E-state index in [1.54, 1.807) is 6.20 Å². The van der Waals surface area contributed by atoms with Crippen LogP contribution < -0.4 is 15.8 Å². The van der Waals surface area contributed by atoms with Gasteiger partial charge in [0.1, 0.15) is 11.3 Å². The summed E-state index contributed by atoms with van der Waals surface area (Å²) in [6.07, 6.45) is 8.49. The number of benzene rings is 2. The van der Waals surface area contributed by atoms with Crippen LogP contribution >= 0.6 is 0 Å². The van der Waals surface area contributed by atoms with E-state index >= 15 is 0 Å². The Kier molecular flexibility index (Phi) is 10.2. The number of ether oxygens (including phenoxy) is 1. The number of primary amides is 1. The first-order valence-electron chi connectivity index (χ1n) is 12.1. The fourth-order valence-electron chi connectivity index (χ4n) is 4.17. The molecule has 0 heterocycles. The fourth-order valence-corrected chi connectivity index (χ4v) is 4.17. The third-order valence-corrected chi connectivity index (χ3v) is 6.22. The van der Waals surface area contributed by atoms with E-state index in [9.17, 15) is 4.79 Å². The van der Waals surface area contributed by atoms with E-state index in [-0.39, 0.29) is 5.92 Å². The summed E-state index contributed by atoms with van der Waals surface area (Å²) in [5.74, 6) is 0.586.